The molecule has 0 heterocycles. The molecule has 56 valence electrons. The van der Waals surface area contributed by atoms with Gasteiger partial charge in [0.2, 0.25) is 0 Å². The molecule has 0 unspecified atom stereocenters. The number of halogens is 3. The topological polar surface area (TPSA) is 37.3 Å². The van der Waals surface area contributed by atoms with E-state index in [1.807, 2.05) is 13.8 Å². The summed E-state index contributed by atoms with van der Waals surface area (Å²) in [5, 5.41) is 7.12. The molecule has 0 amide bonds. The Morgan fingerprint density at radius 1 is 1.33 bits per heavy atom. The Balaban J connectivity index is 0. The third-order valence-electron chi connectivity index (χ3n) is 0.243. The molecule has 0 aliphatic heterocycles. The molecule has 0 radical (unpaired) electrons. The van der Waals surface area contributed by atoms with Gasteiger partial charge in [-0.2, -0.15) is 13.2 Å². The van der Waals surface area contributed by atoms with Crippen molar-refractivity contribution in [2.45, 2.75) is 20.0 Å². The summed E-state index contributed by atoms with van der Waals surface area (Å²) in [6.45, 7) is 4.00. The Bertz CT molecular complexity index is 86.3. The van der Waals surface area contributed by atoms with Crippen LogP contribution in [0.15, 0.2) is 0 Å². The lowest BCUT2D eigenvalue weighted by Crippen LogP contribution is -2.21. The van der Waals surface area contributed by atoms with E-state index < -0.39 is 12.1 Å². The van der Waals surface area contributed by atoms with Crippen LogP contribution in [0.25, 0.3) is 0 Å². The summed E-state index contributed by atoms with van der Waals surface area (Å²) in [7, 11) is 0. The van der Waals surface area contributed by atoms with Gasteiger partial charge in [0.25, 0.3) is 0 Å². The van der Waals surface area contributed by atoms with E-state index in [1.165, 1.54) is 0 Å². The SMILES string of the molecule is CC.O=C(O)C(F)(F)F. The molecule has 0 rings (SSSR count). The van der Waals surface area contributed by atoms with Gasteiger partial charge in [-0.15, -0.1) is 0 Å². The summed E-state index contributed by atoms with van der Waals surface area (Å²) >= 11 is 0. The first-order valence-corrected chi connectivity index (χ1v) is 2.24. The van der Waals surface area contributed by atoms with E-state index in [1.54, 1.807) is 0 Å². The zero-order valence-electron chi connectivity index (χ0n) is 4.99. The zero-order valence-corrected chi connectivity index (χ0v) is 4.99. The van der Waals surface area contributed by atoms with Crippen LogP contribution in [0, 0.1) is 0 Å². The number of rotatable bonds is 0. The lowest BCUT2D eigenvalue weighted by Gasteiger charge is -1.93. The summed E-state index contributed by atoms with van der Waals surface area (Å²) in [4.78, 5) is 8.90. The summed E-state index contributed by atoms with van der Waals surface area (Å²) in [6, 6.07) is 0. The highest BCUT2D eigenvalue weighted by molar-refractivity contribution is 5.73. The third kappa shape index (κ3) is 7.26. The van der Waals surface area contributed by atoms with Crippen LogP contribution in [0.2, 0.25) is 0 Å². The average Bonchev–Trinajstić information content (AvgIpc) is 1.69. The first kappa shape index (κ1) is 11.1. The van der Waals surface area contributed by atoms with Crippen LogP contribution < -0.4 is 0 Å². The van der Waals surface area contributed by atoms with E-state index in [4.69, 9.17) is 9.90 Å². The molecular weight excluding hydrogens is 137 g/mol. The number of carbonyl (C=O) groups is 1. The molecule has 2 nitrogen and oxygen atoms in total. The normalized spacial score (nSPS) is 9.44. The zero-order chi connectivity index (χ0) is 8.08. The molecule has 0 aliphatic carbocycles. The van der Waals surface area contributed by atoms with Gasteiger partial charge in [-0.25, -0.2) is 4.79 Å². The van der Waals surface area contributed by atoms with Crippen molar-refractivity contribution in [1.29, 1.82) is 0 Å². The molecule has 0 aromatic rings. The molecule has 0 aromatic heterocycles. The molecule has 9 heavy (non-hydrogen) atoms. The number of carboxylic acid groups (broad SMARTS) is 1. The van der Waals surface area contributed by atoms with Crippen LogP contribution >= 0.6 is 0 Å². The molecule has 0 saturated heterocycles. The van der Waals surface area contributed by atoms with Crippen LogP contribution in [0.1, 0.15) is 13.8 Å². The summed E-state index contributed by atoms with van der Waals surface area (Å²) < 4.78 is 31.7. The minimum absolute atomic E-state index is 2.00. The largest absolute Gasteiger partial charge is 0.490 e. The van der Waals surface area contributed by atoms with E-state index in [2.05, 4.69) is 0 Å². The first-order chi connectivity index (χ1) is 3.94. The van der Waals surface area contributed by atoms with Gasteiger partial charge in [-0.05, 0) is 0 Å². The Hall–Kier alpha value is -0.740. The van der Waals surface area contributed by atoms with E-state index in [0.717, 1.165) is 0 Å². The van der Waals surface area contributed by atoms with Crippen molar-refractivity contribution < 1.29 is 23.1 Å². The number of carboxylic acids is 1. The molecule has 1 N–H and O–H groups in total. The third-order valence-corrected chi connectivity index (χ3v) is 0.243. The molecule has 0 bridgehead atoms. The van der Waals surface area contributed by atoms with Crippen molar-refractivity contribution in [2.24, 2.45) is 0 Å². The van der Waals surface area contributed by atoms with Crippen LogP contribution in [-0.2, 0) is 4.79 Å². The summed E-state index contributed by atoms with van der Waals surface area (Å²) in [6.07, 6.45) is -5.08. The monoisotopic (exact) mass is 144 g/mol. The van der Waals surface area contributed by atoms with E-state index in [-0.39, 0.29) is 0 Å². The molecule has 0 aliphatic rings. The van der Waals surface area contributed by atoms with Crippen molar-refractivity contribution in [2.75, 3.05) is 0 Å². The van der Waals surface area contributed by atoms with Crippen LogP contribution in [0.4, 0.5) is 13.2 Å². The lowest BCUT2D eigenvalue weighted by atomic mass is 10.7. The van der Waals surface area contributed by atoms with Crippen LogP contribution in [-0.4, -0.2) is 17.3 Å². The lowest BCUT2D eigenvalue weighted by molar-refractivity contribution is -0.192. The van der Waals surface area contributed by atoms with Crippen molar-refractivity contribution in [3.8, 4) is 0 Å². The molecule has 0 fully saturated rings. The van der Waals surface area contributed by atoms with Crippen LogP contribution in [0.5, 0.6) is 0 Å². The Morgan fingerprint density at radius 3 is 1.44 bits per heavy atom. The fraction of sp³-hybridized carbons (Fsp3) is 0.750. The number of alkyl halides is 3. The maximum atomic E-state index is 10.6. The quantitative estimate of drug-likeness (QED) is 0.561. The van der Waals surface area contributed by atoms with Crippen molar-refractivity contribution in [3.63, 3.8) is 0 Å². The van der Waals surface area contributed by atoms with E-state index >= 15 is 0 Å². The molecule has 5 heteroatoms. The minimum Gasteiger partial charge on any atom is -0.475 e. The fourth-order valence-electron chi connectivity index (χ4n) is 0. The average molecular weight is 144 g/mol. The molecule has 0 atom stereocenters. The smallest absolute Gasteiger partial charge is 0.475 e. The van der Waals surface area contributed by atoms with Gasteiger partial charge >= 0.3 is 12.1 Å². The number of aliphatic carboxylic acids is 1. The predicted molar refractivity (Wildman–Crippen MR) is 25.0 cm³/mol. The fourth-order valence-corrected chi connectivity index (χ4v) is 0. The highest BCUT2D eigenvalue weighted by atomic mass is 19.4. The van der Waals surface area contributed by atoms with Gasteiger partial charge < -0.3 is 5.11 Å². The van der Waals surface area contributed by atoms with Crippen molar-refractivity contribution >= 4 is 5.97 Å². The predicted octanol–water partition coefficient (Wildman–Crippen LogP) is 1.66. The van der Waals surface area contributed by atoms with Crippen LogP contribution in [0.3, 0.4) is 0 Å². The van der Waals surface area contributed by atoms with Gasteiger partial charge in [-0.1, -0.05) is 13.8 Å². The highest BCUT2D eigenvalue weighted by Crippen LogP contribution is 2.13. The molecule has 0 spiro atoms. The van der Waals surface area contributed by atoms with Gasteiger partial charge in [0.05, 0.1) is 0 Å². The van der Waals surface area contributed by atoms with E-state index in [9.17, 15) is 13.2 Å². The molecule has 0 aromatic carbocycles. The maximum absolute atomic E-state index is 10.6. The number of hydrogen-bond acceptors (Lipinski definition) is 1. The Labute approximate surface area is 50.3 Å². The second kappa shape index (κ2) is 4.17. The molecular formula is C4H7F3O2. The van der Waals surface area contributed by atoms with E-state index in [0.29, 0.717) is 0 Å². The van der Waals surface area contributed by atoms with Crippen molar-refractivity contribution in [1.82, 2.24) is 0 Å². The first-order valence-electron chi connectivity index (χ1n) is 2.24. The second-order valence-electron chi connectivity index (χ2n) is 0.803. The number of hydrogen-bond donors (Lipinski definition) is 1. The van der Waals surface area contributed by atoms with Gasteiger partial charge in [-0.3, -0.25) is 0 Å². The minimum atomic E-state index is -5.08. The second-order valence-corrected chi connectivity index (χ2v) is 0.803. The van der Waals surface area contributed by atoms with Gasteiger partial charge in [0, 0.05) is 0 Å². The Kier molecular flexibility index (Phi) is 5.15. The van der Waals surface area contributed by atoms with Gasteiger partial charge in [0.1, 0.15) is 0 Å². The molecule has 0 saturated carbocycles. The summed E-state index contributed by atoms with van der Waals surface area (Å²) in [5.74, 6) is -2.76. The van der Waals surface area contributed by atoms with Gasteiger partial charge in [0.15, 0.2) is 0 Å². The Morgan fingerprint density at radius 2 is 1.44 bits per heavy atom. The maximum Gasteiger partial charge on any atom is 0.490 e. The highest BCUT2D eigenvalue weighted by Gasteiger charge is 2.38. The standard InChI is InChI=1S/C2HF3O2.C2H6/c3-2(4,5)1(6)7;1-2/h(H,6,7);1-2H3. The van der Waals surface area contributed by atoms with Crippen molar-refractivity contribution in [3.05, 3.63) is 0 Å². The summed E-state index contributed by atoms with van der Waals surface area (Å²) in [5.41, 5.74) is 0.